The molecular weight excluding hydrogens is 371 g/mol. The van der Waals surface area contributed by atoms with E-state index in [0.717, 1.165) is 5.01 Å². The molecule has 0 amide bonds. The molecule has 2 aromatic carbocycles. The Morgan fingerprint density at radius 2 is 1.93 bits per heavy atom. The highest BCUT2D eigenvalue weighted by molar-refractivity contribution is 7.16. The van der Waals surface area contributed by atoms with E-state index in [-0.39, 0.29) is 12.4 Å². The van der Waals surface area contributed by atoms with Gasteiger partial charge in [-0.3, -0.25) is 0 Å². The molecule has 0 saturated carbocycles. The molecule has 1 atom stereocenters. The lowest BCUT2D eigenvalue weighted by Crippen LogP contribution is -2.23. The molecule has 2 aromatic heterocycles. The highest BCUT2D eigenvalue weighted by Crippen LogP contribution is 2.35. The molecule has 9 heteroatoms. The van der Waals surface area contributed by atoms with Crippen LogP contribution in [0.5, 0.6) is 17.2 Å². The van der Waals surface area contributed by atoms with E-state index in [0.29, 0.717) is 34.6 Å². The van der Waals surface area contributed by atoms with Gasteiger partial charge in [-0.25, -0.2) is 4.39 Å². The van der Waals surface area contributed by atoms with E-state index >= 15 is 0 Å². The van der Waals surface area contributed by atoms with Gasteiger partial charge in [0.1, 0.15) is 24.8 Å². The minimum Gasteiger partial charge on any atom is -0.486 e. The molecule has 0 bridgehead atoms. The number of nitrogens with zero attached hydrogens (tertiary/aromatic N) is 4. The Morgan fingerprint density at radius 3 is 2.78 bits per heavy atom. The molecule has 0 radical (unpaired) electrons. The lowest BCUT2D eigenvalue weighted by atomic mass is 10.2. The molecule has 0 spiro atoms. The Hall–Kier alpha value is -3.20. The number of ether oxygens (including phenoxy) is 3. The Balaban J connectivity index is 1.35. The van der Waals surface area contributed by atoms with Gasteiger partial charge in [0.2, 0.25) is 4.96 Å². The molecule has 0 saturated heterocycles. The van der Waals surface area contributed by atoms with Gasteiger partial charge in [0.25, 0.3) is 0 Å². The molecule has 27 heavy (non-hydrogen) atoms. The average molecular weight is 384 g/mol. The van der Waals surface area contributed by atoms with Crippen LogP contribution < -0.4 is 14.2 Å². The number of hydrogen-bond acceptors (Lipinski definition) is 7. The van der Waals surface area contributed by atoms with Gasteiger partial charge in [-0.05, 0) is 36.4 Å². The lowest BCUT2D eigenvalue weighted by molar-refractivity contribution is 0.0835. The Morgan fingerprint density at radius 1 is 1.11 bits per heavy atom. The maximum Gasteiger partial charge on any atom is 0.234 e. The van der Waals surface area contributed by atoms with Crippen LogP contribution in [-0.2, 0) is 6.61 Å². The van der Waals surface area contributed by atoms with Gasteiger partial charge < -0.3 is 14.2 Å². The Labute approximate surface area is 156 Å². The van der Waals surface area contributed by atoms with Crippen molar-refractivity contribution >= 4 is 16.3 Å². The molecular formula is C18H13FN4O3S. The fourth-order valence-corrected chi connectivity index (χ4v) is 3.51. The first-order chi connectivity index (χ1) is 13.3. The summed E-state index contributed by atoms with van der Waals surface area (Å²) in [7, 11) is 0. The molecule has 3 heterocycles. The first-order valence-corrected chi connectivity index (χ1v) is 9.06. The second-order valence-corrected chi connectivity index (χ2v) is 6.90. The Bertz CT molecular complexity index is 1100. The van der Waals surface area contributed by atoms with E-state index in [1.807, 2.05) is 24.3 Å². The molecule has 1 unspecified atom stereocenters. The third-order valence-corrected chi connectivity index (χ3v) is 4.90. The van der Waals surface area contributed by atoms with Crippen molar-refractivity contribution in [3.63, 3.8) is 0 Å². The van der Waals surface area contributed by atoms with E-state index in [2.05, 4.69) is 15.3 Å². The number of aromatic nitrogens is 4. The number of fused-ring (bicyclic) bond motifs is 2. The van der Waals surface area contributed by atoms with Gasteiger partial charge in [0, 0.05) is 0 Å². The number of para-hydroxylation sites is 2. The van der Waals surface area contributed by atoms with E-state index in [1.54, 1.807) is 16.6 Å². The van der Waals surface area contributed by atoms with E-state index < -0.39 is 6.10 Å². The van der Waals surface area contributed by atoms with Crippen molar-refractivity contribution in [2.45, 2.75) is 12.7 Å². The third kappa shape index (κ3) is 3.06. The molecule has 1 aliphatic rings. The van der Waals surface area contributed by atoms with Crippen LogP contribution in [0.3, 0.4) is 0 Å². The summed E-state index contributed by atoms with van der Waals surface area (Å²) in [5.74, 6) is 2.22. The van der Waals surface area contributed by atoms with Crippen LogP contribution in [0.2, 0.25) is 0 Å². The monoisotopic (exact) mass is 384 g/mol. The van der Waals surface area contributed by atoms with Gasteiger partial charge in [-0.2, -0.15) is 9.61 Å². The SMILES string of the molecule is Fc1ccc(OCc2nn3c(C4COc5ccccc5O4)nnc3s2)cc1. The normalized spacial score (nSPS) is 15.8. The van der Waals surface area contributed by atoms with Crippen molar-refractivity contribution in [1.29, 1.82) is 0 Å². The van der Waals surface area contributed by atoms with Crippen molar-refractivity contribution in [2.24, 2.45) is 0 Å². The van der Waals surface area contributed by atoms with E-state index in [4.69, 9.17) is 14.2 Å². The fourth-order valence-electron chi connectivity index (χ4n) is 2.75. The lowest BCUT2D eigenvalue weighted by Gasteiger charge is -2.24. The number of rotatable bonds is 4. The molecule has 7 nitrogen and oxygen atoms in total. The van der Waals surface area contributed by atoms with Crippen LogP contribution in [0.25, 0.3) is 4.96 Å². The van der Waals surface area contributed by atoms with Crippen molar-refractivity contribution in [2.75, 3.05) is 6.61 Å². The van der Waals surface area contributed by atoms with Crippen molar-refractivity contribution in [3.05, 3.63) is 65.2 Å². The average Bonchev–Trinajstić information content (AvgIpc) is 3.27. The molecule has 0 aliphatic carbocycles. The maximum atomic E-state index is 13.0. The number of halogens is 1. The smallest absolute Gasteiger partial charge is 0.234 e. The zero-order chi connectivity index (χ0) is 18.2. The van der Waals surface area contributed by atoms with Gasteiger partial charge in [-0.1, -0.05) is 23.5 Å². The molecule has 1 aliphatic heterocycles. The van der Waals surface area contributed by atoms with Crippen molar-refractivity contribution < 1.29 is 18.6 Å². The topological polar surface area (TPSA) is 70.8 Å². The maximum absolute atomic E-state index is 13.0. The summed E-state index contributed by atoms with van der Waals surface area (Å²) < 4.78 is 32.0. The third-order valence-electron chi connectivity index (χ3n) is 4.03. The first-order valence-electron chi connectivity index (χ1n) is 8.24. The fraction of sp³-hybridized carbons (Fsp3) is 0.167. The summed E-state index contributed by atoms with van der Waals surface area (Å²) in [5.41, 5.74) is 0. The van der Waals surface area contributed by atoms with Gasteiger partial charge in [0.15, 0.2) is 28.4 Å². The highest BCUT2D eigenvalue weighted by Gasteiger charge is 2.28. The van der Waals surface area contributed by atoms with Crippen LogP contribution in [0.1, 0.15) is 16.9 Å². The first kappa shape index (κ1) is 16.0. The summed E-state index contributed by atoms with van der Waals surface area (Å²) in [6.45, 7) is 0.584. The van der Waals surface area contributed by atoms with Gasteiger partial charge >= 0.3 is 0 Å². The van der Waals surface area contributed by atoms with Gasteiger partial charge in [-0.15, -0.1) is 10.2 Å². The molecule has 5 rings (SSSR count). The van der Waals surface area contributed by atoms with E-state index in [9.17, 15) is 4.39 Å². The molecule has 0 fully saturated rings. The second-order valence-electron chi connectivity index (χ2n) is 5.86. The highest BCUT2D eigenvalue weighted by atomic mass is 32.1. The second kappa shape index (κ2) is 6.51. The summed E-state index contributed by atoms with van der Waals surface area (Å²) in [6.07, 6.45) is -0.400. The van der Waals surface area contributed by atoms with Crippen molar-refractivity contribution in [3.8, 4) is 17.2 Å². The summed E-state index contributed by atoms with van der Waals surface area (Å²) >= 11 is 1.37. The largest absolute Gasteiger partial charge is 0.486 e. The molecule has 4 aromatic rings. The van der Waals surface area contributed by atoms with E-state index in [1.165, 1.54) is 23.5 Å². The van der Waals surface area contributed by atoms with Gasteiger partial charge in [0.05, 0.1) is 0 Å². The predicted molar refractivity (Wildman–Crippen MR) is 94.7 cm³/mol. The number of benzene rings is 2. The summed E-state index contributed by atoms with van der Waals surface area (Å²) in [6, 6.07) is 13.3. The van der Waals surface area contributed by atoms with Crippen LogP contribution in [-0.4, -0.2) is 26.4 Å². The number of hydrogen-bond donors (Lipinski definition) is 0. The zero-order valence-corrected chi connectivity index (χ0v) is 14.7. The minimum atomic E-state index is -0.400. The Kier molecular flexibility index (Phi) is 3.86. The quantitative estimate of drug-likeness (QED) is 0.537. The van der Waals surface area contributed by atoms with Crippen LogP contribution in [0.4, 0.5) is 4.39 Å². The zero-order valence-electron chi connectivity index (χ0n) is 13.9. The summed E-state index contributed by atoms with van der Waals surface area (Å²) in [4.78, 5) is 0.644. The molecule has 0 N–H and O–H groups in total. The predicted octanol–water partition coefficient (Wildman–Crippen LogP) is 3.42. The van der Waals surface area contributed by atoms with Crippen LogP contribution >= 0.6 is 11.3 Å². The van der Waals surface area contributed by atoms with Crippen LogP contribution in [0, 0.1) is 5.82 Å². The van der Waals surface area contributed by atoms with Crippen molar-refractivity contribution in [1.82, 2.24) is 19.8 Å². The molecule has 136 valence electrons. The minimum absolute atomic E-state index is 0.254. The standard InChI is InChI=1S/C18H13FN4O3S/c19-11-5-7-12(8-6-11)24-10-16-22-23-17(20-21-18(23)27-16)15-9-25-13-3-1-2-4-14(13)26-15/h1-8,15H,9-10H2. The van der Waals surface area contributed by atoms with Crippen LogP contribution in [0.15, 0.2) is 48.5 Å². The summed E-state index contributed by atoms with van der Waals surface area (Å²) in [5, 5.41) is 13.6.